The van der Waals surface area contributed by atoms with Gasteiger partial charge in [-0.05, 0) is 34.1 Å². The number of amides is 1. The van der Waals surface area contributed by atoms with E-state index >= 15 is 0 Å². The smallest absolute Gasteiger partial charge is 0.258 e. The van der Waals surface area contributed by atoms with Crippen LogP contribution in [0.2, 0.25) is 0 Å². The summed E-state index contributed by atoms with van der Waals surface area (Å²) in [6.07, 6.45) is 1.40. The lowest BCUT2D eigenvalue weighted by atomic mass is 10.2. The quantitative estimate of drug-likeness (QED) is 0.746. The second-order valence-electron chi connectivity index (χ2n) is 3.60. The van der Waals surface area contributed by atoms with Crippen molar-refractivity contribution in [2.45, 2.75) is 0 Å². The van der Waals surface area contributed by atoms with Gasteiger partial charge in [-0.2, -0.15) is 5.10 Å². The van der Waals surface area contributed by atoms with Crippen LogP contribution in [-0.2, 0) is 0 Å². The number of nitrogens with one attached hydrogen (secondary N) is 2. The molecule has 1 aromatic carbocycles. The first-order valence-electron chi connectivity index (χ1n) is 5.08. The molecule has 0 radical (unpaired) electrons. The van der Waals surface area contributed by atoms with Gasteiger partial charge in [0.15, 0.2) is 0 Å². The lowest BCUT2D eigenvalue weighted by Crippen LogP contribution is -2.17. The van der Waals surface area contributed by atoms with E-state index in [1.807, 2.05) is 0 Å². The zero-order chi connectivity index (χ0) is 14.0. The summed E-state index contributed by atoms with van der Waals surface area (Å²) in [6.45, 7) is 0. The molecule has 98 valence electrons. The van der Waals surface area contributed by atoms with Crippen molar-refractivity contribution in [2.75, 3.05) is 5.32 Å². The molecule has 1 heterocycles. The van der Waals surface area contributed by atoms with Gasteiger partial charge in [-0.25, -0.2) is 4.39 Å². The molecular formula is C11H8BrFN4OS. The Morgan fingerprint density at radius 2 is 2.21 bits per heavy atom. The number of carbonyl (C=O) groups is 1. The summed E-state index contributed by atoms with van der Waals surface area (Å²) in [4.78, 5) is 12.1. The molecule has 19 heavy (non-hydrogen) atoms. The fourth-order valence-corrected chi connectivity index (χ4v) is 2.00. The number of nitrogens with zero attached hydrogens (tertiary/aromatic N) is 1. The normalized spacial score (nSPS) is 10.2. The lowest BCUT2D eigenvalue weighted by Gasteiger charge is -2.06. The highest BCUT2D eigenvalue weighted by Crippen LogP contribution is 2.20. The van der Waals surface area contributed by atoms with E-state index < -0.39 is 11.7 Å². The number of hydrogen-bond donors (Lipinski definition) is 3. The van der Waals surface area contributed by atoms with E-state index in [1.165, 1.54) is 18.3 Å². The van der Waals surface area contributed by atoms with Gasteiger partial charge in [0, 0.05) is 4.47 Å². The molecular weight excluding hydrogens is 335 g/mol. The first-order chi connectivity index (χ1) is 8.99. The van der Waals surface area contributed by atoms with Crippen LogP contribution in [0, 0.1) is 5.82 Å². The third kappa shape index (κ3) is 2.96. The Labute approximate surface area is 121 Å². The van der Waals surface area contributed by atoms with Crippen LogP contribution >= 0.6 is 28.1 Å². The molecule has 0 aliphatic carbocycles. The maximum absolute atomic E-state index is 13.1. The molecule has 0 bridgehead atoms. The van der Waals surface area contributed by atoms with E-state index in [4.69, 9.17) is 18.0 Å². The summed E-state index contributed by atoms with van der Waals surface area (Å²) >= 11 is 8.00. The fourth-order valence-electron chi connectivity index (χ4n) is 1.42. The molecule has 0 aliphatic rings. The molecule has 0 unspecified atom stereocenters. The van der Waals surface area contributed by atoms with Crippen LogP contribution in [0.3, 0.4) is 0 Å². The van der Waals surface area contributed by atoms with Crippen LogP contribution in [-0.4, -0.2) is 21.1 Å². The number of carbonyl (C=O) groups excluding carboxylic acids is 1. The molecule has 4 N–H and O–H groups in total. The van der Waals surface area contributed by atoms with Crippen LogP contribution in [0.4, 0.5) is 10.2 Å². The zero-order valence-corrected chi connectivity index (χ0v) is 11.8. The molecule has 0 atom stereocenters. The molecule has 0 spiro atoms. The largest absolute Gasteiger partial charge is 0.389 e. The SMILES string of the molecule is NC(=S)c1cn[nH]c1NC(=O)c1cc(F)ccc1Br. The molecule has 0 saturated heterocycles. The molecule has 1 amide bonds. The Hall–Kier alpha value is -1.80. The summed E-state index contributed by atoms with van der Waals surface area (Å²) in [7, 11) is 0. The average molecular weight is 343 g/mol. The molecule has 1 aromatic heterocycles. The minimum absolute atomic E-state index is 0.0994. The summed E-state index contributed by atoms with van der Waals surface area (Å²) in [5.41, 5.74) is 6.05. The first-order valence-corrected chi connectivity index (χ1v) is 6.28. The summed E-state index contributed by atoms with van der Waals surface area (Å²) in [6, 6.07) is 3.82. The fraction of sp³-hybridized carbons (Fsp3) is 0. The van der Waals surface area contributed by atoms with Crippen molar-refractivity contribution in [1.82, 2.24) is 10.2 Å². The Bertz CT molecular complexity index is 658. The van der Waals surface area contributed by atoms with E-state index in [1.54, 1.807) is 0 Å². The Balaban J connectivity index is 2.28. The van der Waals surface area contributed by atoms with Gasteiger partial charge in [-0.15, -0.1) is 0 Å². The monoisotopic (exact) mass is 342 g/mol. The second-order valence-corrected chi connectivity index (χ2v) is 4.90. The van der Waals surface area contributed by atoms with E-state index in [-0.39, 0.29) is 16.4 Å². The van der Waals surface area contributed by atoms with E-state index in [9.17, 15) is 9.18 Å². The number of rotatable bonds is 3. The lowest BCUT2D eigenvalue weighted by molar-refractivity contribution is 0.102. The third-order valence-corrected chi connectivity index (χ3v) is 3.23. The number of benzene rings is 1. The van der Waals surface area contributed by atoms with Crippen LogP contribution in [0.1, 0.15) is 15.9 Å². The first kappa shape index (κ1) is 13.6. The number of H-pyrrole nitrogens is 1. The minimum Gasteiger partial charge on any atom is -0.389 e. The standard InChI is InChI=1S/C11H8BrFN4OS/c12-8-2-1-5(13)3-6(8)11(18)16-10-7(9(14)19)4-15-17-10/h1-4H,(H2,14,19)(H2,15,16,17,18). The van der Waals surface area contributed by atoms with Crippen LogP contribution in [0.25, 0.3) is 0 Å². The highest BCUT2D eigenvalue weighted by Gasteiger charge is 2.15. The van der Waals surface area contributed by atoms with E-state index in [0.29, 0.717) is 10.0 Å². The van der Waals surface area contributed by atoms with Crippen molar-refractivity contribution in [3.8, 4) is 0 Å². The van der Waals surface area contributed by atoms with Crippen LogP contribution in [0.15, 0.2) is 28.9 Å². The second kappa shape index (κ2) is 5.45. The van der Waals surface area contributed by atoms with Gasteiger partial charge in [-0.3, -0.25) is 9.89 Å². The summed E-state index contributed by atoms with van der Waals surface area (Å²) in [5, 5.41) is 8.84. The predicted octanol–water partition coefficient (Wildman–Crippen LogP) is 2.20. The van der Waals surface area contributed by atoms with Gasteiger partial charge in [-0.1, -0.05) is 12.2 Å². The topological polar surface area (TPSA) is 83.8 Å². The van der Waals surface area contributed by atoms with Gasteiger partial charge in [0.2, 0.25) is 0 Å². The number of aromatic amines is 1. The third-order valence-electron chi connectivity index (χ3n) is 2.32. The Kier molecular flexibility index (Phi) is 3.91. The summed E-state index contributed by atoms with van der Waals surface area (Å²) in [5.74, 6) is -0.741. The van der Waals surface area contributed by atoms with Gasteiger partial charge >= 0.3 is 0 Å². The molecule has 2 rings (SSSR count). The van der Waals surface area contributed by atoms with Gasteiger partial charge < -0.3 is 11.1 Å². The van der Waals surface area contributed by atoms with Crippen LogP contribution in [0.5, 0.6) is 0 Å². The van der Waals surface area contributed by atoms with Crippen molar-refractivity contribution >= 4 is 44.9 Å². The highest BCUT2D eigenvalue weighted by atomic mass is 79.9. The molecule has 0 fully saturated rings. The van der Waals surface area contributed by atoms with Crippen molar-refractivity contribution in [3.63, 3.8) is 0 Å². The Morgan fingerprint density at radius 3 is 2.89 bits per heavy atom. The maximum atomic E-state index is 13.1. The van der Waals surface area contributed by atoms with Crippen molar-refractivity contribution in [1.29, 1.82) is 0 Å². The maximum Gasteiger partial charge on any atom is 0.258 e. The zero-order valence-electron chi connectivity index (χ0n) is 9.41. The number of nitrogens with two attached hydrogens (primary N) is 1. The predicted molar refractivity (Wildman–Crippen MR) is 76.5 cm³/mol. The van der Waals surface area contributed by atoms with Gasteiger partial charge in [0.05, 0.1) is 17.3 Å². The number of aromatic nitrogens is 2. The number of anilines is 1. The van der Waals surface area contributed by atoms with Crippen molar-refractivity contribution in [3.05, 3.63) is 45.8 Å². The molecule has 5 nitrogen and oxygen atoms in total. The highest BCUT2D eigenvalue weighted by molar-refractivity contribution is 9.10. The molecule has 0 aliphatic heterocycles. The van der Waals surface area contributed by atoms with E-state index in [2.05, 4.69) is 31.4 Å². The van der Waals surface area contributed by atoms with Crippen molar-refractivity contribution in [2.24, 2.45) is 5.73 Å². The number of hydrogen-bond acceptors (Lipinski definition) is 3. The summed E-state index contributed by atoms with van der Waals surface area (Å²) < 4.78 is 13.6. The van der Waals surface area contributed by atoms with Crippen LogP contribution < -0.4 is 11.1 Å². The van der Waals surface area contributed by atoms with E-state index in [0.717, 1.165) is 6.07 Å². The number of thiocarbonyl (C=S) groups is 1. The van der Waals surface area contributed by atoms with Gasteiger partial charge in [0.1, 0.15) is 16.6 Å². The van der Waals surface area contributed by atoms with Gasteiger partial charge in [0.25, 0.3) is 5.91 Å². The van der Waals surface area contributed by atoms with Crippen molar-refractivity contribution < 1.29 is 9.18 Å². The minimum atomic E-state index is -0.507. The molecule has 0 saturated carbocycles. The molecule has 2 aromatic rings. The Morgan fingerprint density at radius 1 is 1.47 bits per heavy atom. The average Bonchev–Trinajstić information content (AvgIpc) is 2.80. The number of halogens is 2. The molecule has 8 heteroatoms.